The maximum Gasteiger partial charge on any atom is 0.168 e. The second-order valence-electron chi connectivity index (χ2n) is 2.45. The number of rotatable bonds is 0. The second-order valence-corrected chi connectivity index (χ2v) is 2.45. The highest BCUT2D eigenvalue weighted by Crippen LogP contribution is 2.09. The van der Waals surface area contributed by atoms with Crippen molar-refractivity contribution in [2.75, 3.05) is 0 Å². The highest BCUT2D eigenvalue weighted by molar-refractivity contribution is 5.56. The minimum Gasteiger partial charge on any atom is -0.300 e. The summed E-state index contributed by atoms with van der Waals surface area (Å²) in [6.45, 7) is 1.86. The number of aromatic nitrogens is 3. The standard InChI is InChI=1S/C8H6N4/c1-6-11-7(4-9)8-5-10-2-3-12(6)8/h2-3,5H,1H3. The largest absolute Gasteiger partial charge is 0.300 e. The van der Waals surface area contributed by atoms with Crippen LogP contribution in [0, 0.1) is 18.3 Å². The number of hydrogen-bond acceptors (Lipinski definition) is 3. The normalized spacial score (nSPS) is 10.0. The fourth-order valence-corrected chi connectivity index (χ4v) is 1.17. The van der Waals surface area contributed by atoms with Crippen LogP contribution in [-0.2, 0) is 0 Å². The van der Waals surface area contributed by atoms with Gasteiger partial charge in [0, 0.05) is 12.4 Å². The van der Waals surface area contributed by atoms with Crippen LogP contribution >= 0.6 is 0 Å². The first-order chi connectivity index (χ1) is 5.83. The van der Waals surface area contributed by atoms with Gasteiger partial charge in [0.15, 0.2) is 5.69 Å². The average Bonchev–Trinajstić information content (AvgIpc) is 2.44. The molecular formula is C8H6N4. The molecule has 0 atom stereocenters. The van der Waals surface area contributed by atoms with Crippen LogP contribution in [0.25, 0.3) is 5.52 Å². The minimum absolute atomic E-state index is 0.431. The summed E-state index contributed by atoms with van der Waals surface area (Å²) in [5.74, 6) is 0.809. The molecule has 0 spiro atoms. The summed E-state index contributed by atoms with van der Waals surface area (Å²) < 4.78 is 1.84. The lowest BCUT2D eigenvalue weighted by Gasteiger charge is -1.91. The lowest BCUT2D eigenvalue weighted by atomic mass is 10.4. The van der Waals surface area contributed by atoms with Crippen molar-refractivity contribution in [3.8, 4) is 6.07 Å². The van der Waals surface area contributed by atoms with E-state index in [-0.39, 0.29) is 0 Å². The topological polar surface area (TPSA) is 54.0 Å². The lowest BCUT2D eigenvalue weighted by Crippen LogP contribution is -1.86. The molecule has 0 radical (unpaired) electrons. The summed E-state index contributed by atoms with van der Waals surface area (Å²) in [7, 11) is 0. The number of aryl methyl sites for hydroxylation is 1. The predicted molar refractivity (Wildman–Crippen MR) is 42.4 cm³/mol. The van der Waals surface area contributed by atoms with E-state index in [1.165, 1.54) is 0 Å². The Kier molecular flexibility index (Phi) is 1.31. The quantitative estimate of drug-likeness (QED) is 0.572. The molecule has 2 rings (SSSR count). The number of nitriles is 1. The van der Waals surface area contributed by atoms with Crippen molar-refractivity contribution in [3.05, 3.63) is 30.1 Å². The number of imidazole rings is 1. The van der Waals surface area contributed by atoms with Crippen molar-refractivity contribution in [3.63, 3.8) is 0 Å². The molecule has 0 saturated carbocycles. The van der Waals surface area contributed by atoms with Gasteiger partial charge in [-0.15, -0.1) is 0 Å². The Labute approximate surface area is 69.1 Å². The Morgan fingerprint density at radius 3 is 3.17 bits per heavy atom. The highest BCUT2D eigenvalue weighted by Gasteiger charge is 2.05. The molecule has 0 aromatic carbocycles. The van der Waals surface area contributed by atoms with Gasteiger partial charge < -0.3 is 0 Å². The second kappa shape index (κ2) is 2.31. The third-order valence-corrected chi connectivity index (χ3v) is 1.73. The zero-order valence-corrected chi connectivity index (χ0v) is 6.52. The first-order valence-electron chi connectivity index (χ1n) is 3.51. The van der Waals surface area contributed by atoms with E-state index in [2.05, 4.69) is 9.97 Å². The van der Waals surface area contributed by atoms with Crippen LogP contribution in [0.4, 0.5) is 0 Å². The van der Waals surface area contributed by atoms with Gasteiger partial charge in [0.2, 0.25) is 0 Å². The van der Waals surface area contributed by atoms with Crippen LogP contribution in [0.3, 0.4) is 0 Å². The third kappa shape index (κ3) is 0.768. The molecule has 0 aliphatic carbocycles. The van der Waals surface area contributed by atoms with Crippen molar-refractivity contribution < 1.29 is 0 Å². The molecule has 0 saturated heterocycles. The van der Waals surface area contributed by atoms with Gasteiger partial charge in [-0.1, -0.05) is 0 Å². The number of hydrogen-bond donors (Lipinski definition) is 0. The van der Waals surface area contributed by atoms with Gasteiger partial charge in [0.05, 0.1) is 6.20 Å². The molecule has 4 nitrogen and oxygen atoms in total. The molecule has 12 heavy (non-hydrogen) atoms. The molecule has 0 bridgehead atoms. The molecule has 0 aliphatic rings. The lowest BCUT2D eigenvalue weighted by molar-refractivity contribution is 1.03. The number of fused-ring (bicyclic) bond motifs is 1. The van der Waals surface area contributed by atoms with E-state index in [9.17, 15) is 0 Å². The van der Waals surface area contributed by atoms with Crippen LogP contribution < -0.4 is 0 Å². The van der Waals surface area contributed by atoms with E-state index in [1.807, 2.05) is 17.4 Å². The van der Waals surface area contributed by atoms with E-state index in [0.717, 1.165) is 11.3 Å². The fourth-order valence-electron chi connectivity index (χ4n) is 1.17. The van der Waals surface area contributed by atoms with E-state index >= 15 is 0 Å². The van der Waals surface area contributed by atoms with Crippen molar-refractivity contribution >= 4 is 5.52 Å². The summed E-state index contributed by atoms with van der Waals surface area (Å²) in [5.41, 5.74) is 1.19. The summed E-state index contributed by atoms with van der Waals surface area (Å²) in [4.78, 5) is 7.99. The van der Waals surface area contributed by atoms with Crippen LogP contribution in [0.5, 0.6) is 0 Å². The van der Waals surface area contributed by atoms with Gasteiger partial charge in [0.25, 0.3) is 0 Å². The molecular weight excluding hydrogens is 152 g/mol. The Morgan fingerprint density at radius 1 is 1.58 bits per heavy atom. The zero-order chi connectivity index (χ0) is 8.55. The van der Waals surface area contributed by atoms with Crippen LogP contribution in [-0.4, -0.2) is 14.4 Å². The van der Waals surface area contributed by atoms with Gasteiger partial charge in [-0.3, -0.25) is 9.38 Å². The summed E-state index contributed by atoms with van der Waals surface area (Å²) in [6, 6.07) is 2.02. The van der Waals surface area contributed by atoms with Gasteiger partial charge in [-0.2, -0.15) is 5.26 Å². The van der Waals surface area contributed by atoms with E-state index < -0.39 is 0 Å². The van der Waals surface area contributed by atoms with Gasteiger partial charge in [0.1, 0.15) is 17.4 Å². The molecule has 0 aliphatic heterocycles. The molecule has 0 amide bonds. The van der Waals surface area contributed by atoms with Crippen LogP contribution in [0.2, 0.25) is 0 Å². The van der Waals surface area contributed by atoms with Gasteiger partial charge in [-0.05, 0) is 6.92 Å². The number of nitrogens with zero attached hydrogens (tertiary/aromatic N) is 4. The Balaban J connectivity index is 2.94. The van der Waals surface area contributed by atoms with E-state index in [0.29, 0.717) is 5.69 Å². The first kappa shape index (κ1) is 6.80. The first-order valence-corrected chi connectivity index (χ1v) is 3.51. The van der Waals surface area contributed by atoms with E-state index in [4.69, 9.17) is 5.26 Å². The van der Waals surface area contributed by atoms with Crippen molar-refractivity contribution in [2.45, 2.75) is 6.92 Å². The molecule has 0 unspecified atom stereocenters. The maximum atomic E-state index is 8.70. The predicted octanol–water partition coefficient (Wildman–Crippen LogP) is 0.909. The monoisotopic (exact) mass is 158 g/mol. The highest BCUT2D eigenvalue weighted by atomic mass is 15.0. The SMILES string of the molecule is Cc1nc(C#N)c2cnccn12. The van der Waals surface area contributed by atoms with Gasteiger partial charge >= 0.3 is 0 Å². The van der Waals surface area contributed by atoms with E-state index in [1.54, 1.807) is 18.6 Å². The Bertz CT molecular complexity index is 463. The Hall–Kier alpha value is -1.89. The Morgan fingerprint density at radius 2 is 2.42 bits per heavy atom. The molecule has 4 heteroatoms. The fraction of sp³-hybridized carbons (Fsp3) is 0.125. The third-order valence-electron chi connectivity index (χ3n) is 1.73. The maximum absolute atomic E-state index is 8.70. The van der Waals surface area contributed by atoms with Crippen molar-refractivity contribution in [1.82, 2.24) is 14.4 Å². The van der Waals surface area contributed by atoms with Crippen molar-refractivity contribution in [2.24, 2.45) is 0 Å². The van der Waals surface area contributed by atoms with Crippen molar-refractivity contribution in [1.29, 1.82) is 5.26 Å². The summed E-state index contributed by atoms with van der Waals surface area (Å²) >= 11 is 0. The summed E-state index contributed by atoms with van der Waals surface area (Å²) in [5, 5.41) is 8.70. The van der Waals surface area contributed by atoms with Crippen LogP contribution in [0.15, 0.2) is 18.6 Å². The molecule has 0 N–H and O–H groups in total. The molecule has 2 aromatic heterocycles. The average molecular weight is 158 g/mol. The molecule has 2 aromatic rings. The molecule has 0 fully saturated rings. The van der Waals surface area contributed by atoms with Gasteiger partial charge in [-0.25, -0.2) is 4.98 Å². The van der Waals surface area contributed by atoms with Crippen LogP contribution in [0.1, 0.15) is 11.5 Å². The summed E-state index contributed by atoms with van der Waals surface area (Å²) in [6.07, 6.45) is 5.10. The minimum atomic E-state index is 0.431. The smallest absolute Gasteiger partial charge is 0.168 e. The zero-order valence-electron chi connectivity index (χ0n) is 6.52. The molecule has 58 valence electrons. The molecule has 2 heterocycles.